The van der Waals surface area contributed by atoms with E-state index < -0.39 is 5.97 Å². The van der Waals surface area contributed by atoms with Crippen LogP contribution < -0.4 is 0 Å². The number of hydrogen-bond acceptors (Lipinski definition) is 3. The van der Waals surface area contributed by atoms with Crippen LogP contribution in [0, 0.1) is 23.2 Å². The average Bonchev–Trinajstić information content (AvgIpc) is 3.09. The summed E-state index contributed by atoms with van der Waals surface area (Å²) in [6.07, 6.45) is 5.34. The van der Waals surface area contributed by atoms with Crippen LogP contribution in [0.25, 0.3) is 0 Å². The van der Waals surface area contributed by atoms with E-state index in [0.29, 0.717) is 12.5 Å². The minimum absolute atomic E-state index is 0.0616. The Morgan fingerprint density at radius 1 is 1.41 bits per heavy atom. The molecule has 2 fully saturated rings. The zero-order valence-electron chi connectivity index (χ0n) is 10.2. The van der Waals surface area contributed by atoms with E-state index in [2.05, 4.69) is 0 Å². The molecule has 2 atom stereocenters. The molecule has 2 saturated carbocycles. The first-order valence-electron chi connectivity index (χ1n) is 6.00. The zero-order chi connectivity index (χ0) is 12.6. The minimum Gasteiger partial charge on any atom is -0.481 e. The Hall–Kier alpha value is -1.32. The molecule has 0 amide bonds. The summed E-state index contributed by atoms with van der Waals surface area (Å²) in [6.45, 7) is 4.30. The molecule has 94 valence electrons. The van der Waals surface area contributed by atoms with Crippen molar-refractivity contribution in [2.24, 2.45) is 23.2 Å². The largest absolute Gasteiger partial charge is 0.481 e. The van der Waals surface area contributed by atoms with Crippen molar-refractivity contribution in [2.75, 3.05) is 6.61 Å². The molecule has 0 radical (unpaired) electrons. The van der Waals surface area contributed by atoms with Crippen molar-refractivity contribution in [3.63, 3.8) is 0 Å². The maximum atomic E-state index is 11.3. The lowest BCUT2D eigenvalue weighted by atomic mass is 10.1. The average molecular weight is 238 g/mol. The zero-order valence-corrected chi connectivity index (χ0v) is 10.2. The molecule has 0 aromatic carbocycles. The molecule has 0 aromatic rings. The smallest absolute Gasteiger partial charge is 0.330 e. The van der Waals surface area contributed by atoms with E-state index in [-0.39, 0.29) is 23.2 Å². The van der Waals surface area contributed by atoms with Gasteiger partial charge >= 0.3 is 11.9 Å². The van der Waals surface area contributed by atoms with Gasteiger partial charge in [0.2, 0.25) is 0 Å². The molecule has 2 aliphatic rings. The fourth-order valence-corrected chi connectivity index (χ4v) is 2.22. The van der Waals surface area contributed by atoms with Crippen LogP contribution >= 0.6 is 0 Å². The van der Waals surface area contributed by atoms with Crippen molar-refractivity contribution < 1.29 is 19.4 Å². The number of esters is 1. The first-order chi connectivity index (χ1) is 7.93. The Morgan fingerprint density at radius 2 is 2.06 bits per heavy atom. The number of carbonyl (C=O) groups excluding carboxylic acids is 1. The second-order valence-corrected chi connectivity index (χ2v) is 5.60. The molecule has 17 heavy (non-hydrogen) atoms. The second kappa shape index (κ2) is 4.17. The molecule has 0 bridgehead atoms. The lowest BCUT2D eigenvalue weighted by molar-refractivity contribution is -0.140. The highest BCUT2D eigenvalue weighted by Gasteiger charge is 2.60. The molecular weight excluding hydrogens is 220 g/mol. The van der Waals surface area contributed by atoms with Crippen LogP contribution in [0.5, 0.6) is 0 Å². The van der Waals surface area contributed by atoms with Crippen LogP contribution in [0.2, 0.25) is 0 Å². The van der Waals surface area contributed by atoms with Crippen molar-refractivity contribution in [3.05, 3.63) is 12.2 Å². The summed E-state index contributed by atoms with van der Waals surface area (Å²) in [6, 6.07) is 0. The van der Waals surface area contributed by atoms with Crippen LogP contribution in [-0.4, -0.2) is 23.7 Å². The number of hydrogen-bond donors (Lipinski definition) is 1. The molecule has 4 heteroatoms. The number of carbonyl (C=O) groups is 2. The Kier molecular flexibility index (Phi) is 2.98. The third-order valence-corrected chi connectivity index (χ3v) is 3.77. The SMILES string of the molecule is CC1(C)C(C=CC(=O)OCC2CC2)C1C(=O)O. The van der Waals surface area contributed by atoms with E-state index >= 15 is 0 Å². The highest BCUT2D eigenvalue weighted by molar-refractivity contribution is 5.83. The number of ether oxygens (including phenoxy) is 1. The summed E-state index contributed by atoms with van der Waals surface area (Å²) in [5.41, 5.74) is -0.251. The maximum Gasteiger partial charge on any atom is 0.330 e. The first kappa shape index (κ1) is 12.1. The second-order valence-electron chi connectivity index (χ2n) is 5.60. The van der Waals surface area contributed by atoms with Crippen molar-refractivity contribution >= 4 is 11.9 Å². The summed E-state index contributed by atoms with van der Waals surface area (Å²) in [5.74, 6) is -1.04. The van der Waals surface area contributed by atoms with E-state index in [1.54, 1.807) is 6.08 Å². The predicted octanol–water partition coefficient (Wildman–Crippen LogP) is 1.85. The topological polar surface area (TPSA) is 63.6 Å². The number of carboxylic acid groups (broad SMARTS) is 1. The molecule has 4 nitrogen and oxygen atoms in total. The van der Waals surface area contributed by atoms with Gasteiger partial charge in [-0.3, -0.25) is 4.79 Å². The third kappa shape index (κ3) is 2.68. The van der Waals surface area contributed by atoms with Gasteiger partial charge < -0.3 is 9.84 Å². The highest BCUT2D eigenvalue weighted by atomic mass is 16.5. The van der Waals surface area contributed by atoms with E-state index in [1.165, 1.54) is 6.08 Å². The van der Waals surface area contributed by atoms with Gasteiger partial charge in [0.1, 0.15) is 0 Å². The van der Waals surface area contributed by atoms with E-state index in [0.717, 1.165) is 12.8 Å². The Labute approximate surface area is 101 Å². The highest BCUT2D eigenvalue weighted by Crippen LogP contribution is 2.59. The standard InChI is InChI=1S/C13H18O4/c1-13(2)9(11(13)12(15)16)5-6-10(14)17-7-8-3-4-8/h5-6,8-9,11H,3-4,7H2,1-2H3,(H,15,16). The van der Waals surface area contributed by atoms with Crippen LogP contribution in [0.4, 0.5) is 0 Å². The molecule has 1 N–H and O–H groups in total. The molecule has 0 aromatic heterocycles. The van der Waals surface area contributed by atoms with Crippen molar-refractivity contribution in [3.8, 4) is 0 Å². The monoisotopic (exact) mass is 238 g/mol. The number of carboxylic acids is 1. The lowest BCUT2D eigenvalue weighted by Gasteiger charge is -1.99. The third-order valence-electron chi connectivity index (χ3n) is 3.77. The molecule has 2 aliphatic carbocycles. The van der Waals surface area contributed by atoms with Crippen molar-refractivity contribution in [1.82, 2.24) is 0 Å². The number of aliphatic carboxylic acids is 1. The van der Waals surface area contributed by atoms with E-state index in [4.69, 9.17) is 9.84 Å². The summed E-state index contributed by atoms with van der Waals surface area (Å²) in [5, 5.41) is 8.96. The molecular formula is C13H18O4. The van der Waals surface area contributed by atoms with E-state index in [1.807, 2.05) is 13.8 Å². The van der Waals surface area contributed by atoms with Crippen LogP contribution in [0.15, 0.2) is 12.2 Å². The van der Waals surface area contributed by atoms with Gasteiger partial charge in [0.05, 0.1) is 12.5 Å². The minimum atomic E-state index is -0.795. The Bertz CT molecular complexity index is 366. The molecule has 2 unspecified atom stereocenters. The van der Waals surface area contributed by atoms with Gasteiger partial charge in [-0.2, -0.15) is 0 Å². The van der Waals surface area contributed by atoms with Gasteiger partial charge in [-0.15, -0.1) is 0 Å². The van der Waals surface area contributed by atoms with Gasteiger partial charge in [-0.1, -0.05) is 19.9 Å². The fourth-order valence-electron chi connectivity index (χ4n) is 2.22. The molecule has 0 aliphatic heterocycles. The number of rotatable bonds is 5. The normalized spacial score (nSPS) is 30.2. The fraction of sp³-hybridized carbons (Fsp3) is 0.692. The Morgan fingerprint density at radius 3 is 2.53 bits per heavy atom. The quantitative estimate of drug-likeness (QED) is 0.586. The lowest BCUT2D eigenvalue weighted by Crippen LogP contribution is -2.04. The maximum absolute atomic E-state index is 11.3. The van der Waals surface area contributed by atoms with Gasteiger partial charge in [0.15, 0.2) is 0 Å². The summed E-state index contributed by atoms with van der Waals surface area (Å²) >= 11 is 0. The van der Waals surface area contributed by atoms with Gasteiger partial charge in [0.25, 0.3) is 0 Å². The number of allylic oxidation sites excluding steroid dienone is 1. The van der Waals surface area contributed by atoms with Gasteiger partial charge in [-0.05, 0) is 30.1 Å². The molecule has 0 heterocycles. The first-order valence-corrected chi connectivity index (χ1v) is 6.00. The van der Waals surface area contributed by atoms with Gasteiger partial charge in [-0.25, -0.2) is 4.79 Å². The molecule has 0 spiro atoms. The summed E-state index contributed by atoms with van der Waals surface area (Å²) < 4.78 is 5.03. The van der Waals surface area contributed by atoms with Gasteiger partial charge in [0, 0.05) is 6.08 Å². The summed E-state index contributed by atoms with van der Waals surface area (Å²) in [4.78, 5) is 22.2. The van der Waals surface area contributed by atoms with Crippen molar-refractivity contribution in [2.45, 2.75) is 26.7 Å². The molecule has 0 saturated heterocycles. The van der Waals surface area contributed by atoms with Crippen LogP contribution in [0.3, 0.4) is 0 Å². The summed E-state index contributed by atoms with van der Waals surface area (Å²) in [7, 11) is 0. The Balaban J connectivity index is 1.80. The molecule has 2 rings (SSSR count). The van der Waals surface area contributed by atoms with E-state index in [9.17, 15) is 9.59 Å². The van der Waals surface area contributed by atoms with Crippen molar-refractivity contribution in [1.29, 1.82) is 0 Å². The van der Waals surface area contributed by atoms with Crippen LogP contribution in [-0.2, 0) is 14.3 Å². The predicted molar refractivity (Wildman–Crippen MR) is 61.2 cm³/mol. The van der Waals surface area contributed by atoms with Crippen LogP contribution in [0.1, 0.15) is 26.7 Å².